The Morgan fingerprint density at radius 1 is 1.32 bits per heavy atom. The van der Waals surface area contributed by atoms with Crippen LogP contribution in [0.4, 0.5) is 0 Å². The number of rotatable bonds is 6. The minimum absolute atomic E-state index is 0. The molecule has 6 heteroatoms. The van der Waals surface area contributed by atoms with Gasteiger partial charge < -0.3 is 15.5 Å². The van der Waals surface area contributed by atoms with Crippen LogP contribution in [0, 0.1) is 0 Å². The first-order valence-corrected chi connectivity index (χ1v) is 8.88. The second-order valence-corrected chi connectivity index (χ2v) is 6.68. The van der Waals surface area contributed by atoms with Gasteiger partial charge in [0, 0.05) is 37.5 Å². The van der Waals surface area contributed by atoms with Crippen molar-refractivity contribution in [3.8, 4) is 0 Å². The molecule has 1 unspecified atom stereocenters. The molecule has 126 valence electrons. The zero-order valence-electron chi connectivity index (χ0n) is 13.7. The normalized spacial score (nSPS) is 17.6. The molecule has 0 aliphatic carbocycles. The van der Waals surface area contributed by atoms with Crippen LogP contribution in [0.2, 0.25) is 0 Å². The quantitative estimate of drug-likeness (QED) is 0.409. The third-order valence-corrected chi connectivity index (χ3v) is 5.10. The van der Waals surface area contributed by atoms with Gasteiger partial charge in [-0.1, -0.05) is 19.4 Å². The van der Waals surface area contributed by atoms with E-state index in [4.69, 9.17) is 0 Å². The van der Waals surface area contributed by atoms with Crippen LogP contribution in [0.3, 0.4) is 0 Å². The van der Waals surface area contributed by atoms with Gasteiger partial charge in [-0.3, -0.25) is 4.99 Å². The fourth-order valence-electron chi connectivity index (χ4n) is 2.66. The summed E-state index contributed by atoms with van der Waals surface area (Å²) in [4.78, 5) is 8.27. The maximum absolute atomic E-state index is 4.30. The van der Waals surface area contributed by atoms with Crippen molar-refractivity contribution in [3.63, 3.8) is 0 Å². The van der Waals surface area contributed by atoms with E-state index in [2.05, 4.69) is 45.0 Å². The zero-order chi connectivity index (χ0) is 14.9. The van der Waals surface area contributed by atoms with Crippen LogP contribution in [0.5, 0.6) is 0 Å². The number of hydrogen-bond donors (Lipinski definition) is 2. The Balaban J connectivity index is 0.00000242. The molecule has 0 bridgehead atoms. The number of guanidine groups is 1. The van der Waals surface area contributed by atoms with Crippen LogP contribution < -0.4 is 10.6 Å². The Bertz CT molecular complexity index is 416. The van der Waals surface area contributed by atoms with E-state index in [0.717, 1.165) is 25.6 Å². The maximum Gasteiger partial charge on any atom is 0.191 e. The Kier molecular flexibility index (Phi) is 10.1. The minimum Gasteiger partial charge on any atom is -0.356 e. The first-order chi connectivity index (χ1) is 10.3. The molecule has 22 heavy (non-hydrogen) atoms. The second-order valence-electron chi connectivity index (χ2n) is 5.70. The standard InChI is InChI=1S/C16H28N4S.HI/c1-14(15-7-6-12-21-15)13-19-16(17-2)18-8-11-20-9-4-3-5-10-20;/h6-7,12,14H,3-5,8-11,13H2,1-2H3,(H2,17,18,19);1H. The minimum atomic E-state index is 0. The van der Waals surface area contributed by atoms with Crippen molar-refractivity contribution in [2.24, 2.45) is 4.99 Å². The number of aliphatic imine (C=N–C) groups is 1. The molecule has 1 atom stereocenters. The van der Waals surface area contributed by atoms with Crippen molar-refractivity contribution in [2.75, 3.05) is 39.8 Å². The molecule has 1 aromatic heterocycles. The van der Waals surface area contributed by atoms with E-state index in [1.807, 2.05) is 18.4 Å². The summed E-state index contributed by atoms with van der Waals surface area (Å²) in [6.45, 7) is 7.75. The average molecular weight is 436 g/mol. The third kappa shape index (κ3) is 6.83. The summed E-state index contributed by atoms with van der Waals surface area (Å²) in [5.41, 5.74) is 0. The topological polar surface area (TPSA) is 39.7 Å². The van der Waals surface area contributed by atoms with Crippen molar-refractivity contribution in [1.29, 1.82) is 0 Å². The van der Waals surface area contributed by atoms with Gasteiger partial charge in [0.2, 0.25) is 0 Å². The van der Waals surface area contributed by atoms with Gasteiger partial charge in [-0.05, 0) is 37.4 Å². The Morgan fingerprint density at radius 3 is 2.73 bits per heavy atom. The Hall–Kier alpha value is -0.340. The van der Waals surface area contributed by atoms with Gasteiger partial charge in [0.15, 0.2) is 5.96 Å². The lowest BCUT2D eigenvalue weighted by Gasteiger charge is -2.26. The summed E-state index contributed by atoms with van der Waals surface area (Å²) in [6.07, 6.45) is 4.10. The van der Waals surface area contributed by atoms with Crippen molar-refractivity contribution in [1.82, 2.24) is 15.5 Å². The Labute approximate surface area is 155 Å². The van der Waals surface area contributed by atoms with Crippen LogP contribution >= 0.6 is 35.3 Å². The fourth-order valence-corrected chi connectivity index (χ4v) is 3.45. The lowest BCUT2D eigenvalue weighted by atomic mass is 10.1. The number of piperidine rings is 1. The van der Waals surface area contributed by atoms with Crippen LogP contribution in [0.25, 0.3) is 0 Å². The molecule has 0 aromatic carbocycles. The van der Waals surface area contributed by atoms with Crippen molar-refractivity contribution in [3.05, 3.63) is 22.4 Å². The van der Waals surface area contributed by atoms with Gasteiger partial charge in [-0.2, -0.15) is 0 Å². The largest absolute Gasteiger partial charge is 0.356 e. The first-order valence-electron chi connectivity index (χ1n) is 8.00. The Morgan fingerprint density at radius 2 is 2.09 bits per heavy atom. The van der Waals surface area contributed by atoms with Gasteiger partial charge in [0.25, 0.3) is 0 Å². The predicted molar refractivity (Wildman–Crippen MR) is 108 cm³/mol. The highest BCUT2D eigenvalue weighted by Gasteiger charge is 2.10. The molecule has 2 heterocycles. The highest BCUT2D eigenvalue weighted by molar-refractivity contribution is 14.0. The summed E-state index contributed by atoms with van der Waals surface area (Å²) >= 11 is 1.82. The summed E-state index contributed by atoms with van der Waals surface area (Å²) in [6, 6.07) is 4.31. The fraction of sp³-hybridized carbons (Fsp3) is 0.688. The summed E-state index contributed by atoms with van der Waals surface area (Å²) < 4.78 is 0. The van der Waals surface area contributed by atoms with Gasteiger partial charge in [-0.25, -0.2) is 0 Å². The third-order valence-electron chi connectivity index (χ3n) is 4.00. The maximum atomic E-state index is 4.30. The molecular formula is C16H29IN4S. The SMILES string of the molecule is CN=C(NCCN1CCCCC1)NCC(C)c1cccs1.I. The molecular weight excluding hydrogens is 407 g/mol. The summed E-state index contributed by atoms with van der Waals surface area (Å²) in [5.74, 6) is 1.43. The molecule has 1 fully saturated rings. The zero-order valence-corrected chi connectivity index (χ0v) is 16.8. The van der Waals surface area contributed by atoms with E-state index in [-0.39, 0.29) is 24.0 Å². The molecule has 1 saturated heterocycles. The monoisotopic (exact) mass is 436 g/mol. The molecule has 4 nitrogen and oxygen atoms in total. The molecule has 0 spiro atoms. The molecule has 2 N–H and O–H groups in total. The number of likely N-dealkylation sites (tertiary alicyclic amines) is 1. The van der Waals surface area contributed by atoms with Crippen LogP contribution in [-0.4, -0.2) is 50.6 Å². The van der Waals surface area contributed by atoms with E-state index < -0.39 is 0 Å². The van der Waals surface area contributed by atoms with E-state index in [1.165, 1.54) is 37.2 Å². The number of hydrogen-bond acceptors (Lipinski definition) is 3. The van der Waals surface area contributed by atoms with Crippen molar-refractivity contribution >= 4 is 41.3 Å². The molecule has 1 aliphatic heterocycles. The van der Waals surface area contributed by atoms with Crippen molar-refractivity contribution in [2.45, 2.75) is 32.1 Å². The second kappa shape index (κ2) is 11.2. The van der Waals surface area contributed by atoms with Crippen LogP contribution in [0.1, 0.15) is 37.0 Å². The molecule has 0 radical (unpaired) electrons. The van der Waals surface area contributed by atoms with E-state index in [0.29, 0.717) is 5.92 Å². The number of halogens is 1. The highest BCUT2D eigenvalue weighted by Crippen LogP contribution is 2.19. The van der Waals surface area contributed by atoms with E-state index >= 15 is 0 Å². The number of nitrogens with zero attached hydrogens (tertiary/aromatic N) is 2. The van der Waals surface area contributed by atoms with Crippen LogP contribution in [-0.2, 0) is 0 Å². The van der Waals surface area contributed by atoms with Gasteiger partial charge in [0.1, 0.15) is 0 Å². The molecule has 1 aliphatic rings. The molecule has 0 saturated carbocycles. The molecule has 0 amide bonds. The van der Waals surface area contributed by atoms with Gasteiger partial charge in [-0.15, -0.1) is 35.3 Å². The van der Waals surface area contributed by atoms with E-state index in [1.54, 1.807) is 0 Å². The van der Waals surface area contributed by atoms with E-state index in [9.17, 15) is 0 Å². The first kappa shape index (κ1) is 19.7. The predicted octanol–water partition coefficient (Wildman–Crippen LogP) is 3.12. The molecule has 1 aromatic rings. The van der Waals surface area contributed by atoms with Gasteiger partial charge >= 0.3 is 0 Å². The van der Waals surface area contributed by atoms with Crippen LogP contribution in [0.15, 0.2) is 22.5 Å². The lowest BCUT2D eigenvalue weighted by Crippen LogP contribution is -2.43. The lowest BCUT2D eigenvalue weighted by molar-refractivity contribution is 0.232. The summed E-state index contributed by atoms with van der Waals surface area (Å²) in [7, 11) is 1.84. The summed E-state index contributed by atoms with van der Waals surface area (Å²) in [5, 5.41) is 8.98. The smallest absolute Gasteiger partial charge is 0.191 e. The average Bonchev–Trinajstić information content (AvgIpc) is 3.06. The number of nitrogens with one attached hydrogen (secondary N) is 2. The number of thiophene rings is 1. The van der Waals surface area contributed by atoms with Gasteiger partial charge in [0.05, 0.1) is 0 Å². The molecule has 2 rings (SSSR count). The van der Waals surface area contributed by atoms with Crippen molar-refractivity contribution < 1.29 is 0 Å². The highest BCUT2D eigenvalue weighted by atomic mass is 127.